The van der Waals surface area contributed by atoms with E-state index in [9.17, 15) is 4.79 Å². The number of hydrogen-bond acceptors (Lipinski definition) is 4. The minimum atomic E-state index is -0.239. The largest absolute Gasteiger partial charge is 0.484 e. The van der Waals surface area contributed by atoms with Crippen molar-refractivity contribution < 1.29 is 13.9 Å². The zero-order valence-electron chi connectivity index (χ0n) is 15.1. The van der Waals surface area contributed by atoms with E-state index in [4.69, 9.17) is 9.15 Å². The fraction of sp³-hybridized carbons (Fsp3) is 0.0909. The Morgan fingerprint density at radius 2 is 1.82 bits per heavy atom. The third-order valence-corrected chi connectivity index (χ3v) is 4.68. The highest BCUT2D eigenvalue weighted by atomic mass is 79.9. The van der Waals surface area contributed by atoms with Crippen LogP contribution in [-0.2, 0) is 4.79 Å². The number of benzene rings is 3. The molecule has 5 nitrogen and oxygen atoms in total. The molecule has 0 bridgehead atoms. The van der Waals surface area contributed by atoms with Crippen molar-refractivity contribution >= 4 is 38.6 Å². The third kappa shape index (κ3) is 4.23. The summed E-state index contributed by atoms with van der Waals surface area (Å²) in [7, 11) is 0. The molecule has 4 aromatic rings. The number of anilines is 1. The van der Waals surface area contributed by atoms with E-state index >= 15 is 0 Å². The Labute approximate surface area is 170 Å². The molecule has 0 atom stereocenters. The fourth-order valence-electron chi connectivity index (χ4n) is 2.70. The minimum absolute atomic E-state index is 0.0654. The van der Waals surface area contributed by atoms with Crippen molar-refractivity contribution in [2.75, 3.05) is 11.9 Å². The molecule has 0 fully saturated rings. The molecule has 6 heteroatoms. The lowest BCUT2D eigenvalue weighted by atomic mass is 10.2. The first kappa shape index (κ1) is 18.3. The summed E-state index contributed by atoms with van der Waals surface area (Å²) in [5.41, 5.74) is 4.00. The monoisotopic (exact) mass is 436 g/mol. The molecule has 0 radical (unpaired) electrons. The van der Waals surface area contributed by atoms with Gasteiger partial charge in [0.05, 0.1) is 0 Å². The second-order valence-electron chi connectivity index (χ2n) is 6.36. The second kappa shape index (κ2) is 7.86. The van der Waals surface area contributed by atoms with Gasteiger partial charge < -0.3 is 14.5 Å². The molecule has 0 unspecified atom stereocenters. The number of oxazole rings is 1. The maximum atomic E-state index is 12.2. The number of aryl methyl sites for hydroxylation is 1. The Morgan fingerprint density at radius 3 is 2.57 bits per heavy atom. The number of amides is 1. The first-order chi connectivity index (χ1) is 13.6. The predicted molar refractivity (Wildman–Crippen MR) is 112 cm³/mol. The van der Waals surface area contributed by atoms with Crippen LogP contribution in [0, 0.1) is 6.92 Å². The molecule has 140 valence electrons. The Kier molecular flexibility index (Phi) is 5.12. The second-order valence-corrected chi connectivity index (χ2v) is 7.27. The molecule has 1 aromatic heterocycles. The van der Waals surface area contributed by atoms with Crippen molar-refractivity contribution in [2.45, 2.75) is 6.92 Å². The van der Waals surface area contributed by atoms with Gasteiger partial charge in [-0.2, -0.15) is 0 Å². The highest BCUT2D eigenvalue weighted by Gasteiger charge is 2.10. The number of nitrogens with one attached hydrogen (secondary N) is 1. The van der Waals surface area contributed by atoms with Gasteiger partial charge in [-0.1, -0.05) is 33.6 Å². The van der Waals surface area contributed by atoms with Crippen LogP contribution < -0.4 is 10.1 Å². The number of halogens is 1. The van der Waals surface area contributed by atoms with Crippen LogP contribution in [0.5, 0.6) is 5.75 Å². The number of aromatic nitrogens is 1. The summed E-state index contributed by atoms with van der Waals surface area (Å²) >= 11 is 3.41. The third-order valence-electron chi connectivity index (χ3n) is 4.15. The average molecular weight is 437 g/mol. The molecule has 0 spiro atoms. The molecule has 28 heavy (non-hydrogen) atoms. The summed E-state index contributed by atoms with van der Waals surface area (Å²) in [5.74, 6) is 0.956. The molecule has 0 saturated carbocycles. The van der Waals surface area contributed by atoms with Gasteiger partial charge in [-0.25, -0.2) is 4.98 Å². The normalized spacial score (nSPS) is 10.8. The van der Waals surface area contributed by atoms with E-state index < -0.39 is 0 Å². The van der Waals surface area contributed by atoms with Gasteiger partial charge in [-0.3, -0.25) is 4.79 Å². The molecule has 3 aromatic carbocycles. The van der Waals surface area contributed by atoms with E-state index in [1.165, 1.54) is 0 Å². The Balaban J connectivity index is 1.44. The highest BCUT2D eigenvalue weighted by Crippen LogP contribution is 2.27. The smallest absolute Gasteiger partial charge is 0.262 e. The van der Waals surface area contributed by atoms with Gasteiger partial charge in [0.1, 0.15) is 11.3 Å². The molecule has 1 heterocycles. The van der Waals surface area contributed by atoms with Crippen LogP contribution >= 0.6 is 15.9 Å². The number of fused-ring (bicyclic) bond motifs is 1. The lowest BCUT2D eigenvalue weighted by Gasteiger charge is -2.07. The molecule has 0 aliphatic carbocycles. The molecule has 0 aliphatic rings. The summed E-state index contributed by atoms with van der Waals surface area (Å²) in [6, 6.07) is 20.6. The van der Waals surface area contributed by atoms with Crippen molar-refractivity contribution in [1.82, 2.24) is 4.98 Å². The Morgan fingerprint density at radius 1 is 1.07 bits per heavy atom. The average Bonchev–Trinajstić information content (AvgIpc) is 3.11. The molecule has 1 N–H and O–H groups in total. The molecule has 4 rings (SSSR count). The van der Waals surface area contributed by atoms with E-state index in [-0.39, 0.29) is 12.5 Å². The van der Waals surface area contributed by atoms with Crippen LogP contribution in [0.1, 0.15) is 5.56 Å². The van der Waals surface area contributed by atoms with Crippen LogP contribution in [0.15, 0.2) is 75.6 Å². The van der Waals surface area contributed by atoms with Crippen molar-refractivity contribution in [1.29, 1.82) is 0 Å². The summed E-state index contributed by atoms with van der Waals surface area (Å²) in [6.07, 6.45) is 0. The number of hydrogen-bond donors (Lipinski definition) is 1. The van der Waals surface area contributed by atoms with Crippen LogP contribution in [0.4, 0.5) is 5.69 Å². The van der Waals surface area contributed by atoms with Crippen LogP contribution in [-0.4, -0.2) is 17.5 Å². The zero-order chi connectivity index (χ0) is 19.5. The summed E-state index contributed by atoms with van der Waals surface area (Å²) in [6.45, 7) is 1.93. The first-order valence-corrected chi connectivity index (χ1v) is 9.52. The van der Waals surface area contributed by atoms with Gasteiger partial charge in [-0.15, -0.1) is 0 Å². The molecular weight excluding hydrogens is 420 g/mol. The number of carbonyl (C=O) groups is 1. The first-order valence-electron chi connectivity index (χ1n) is 8.73. The van der Waals surface area contributed by atoms with E-state index in [1.54, 1.807) is 18.2 Å². The maximum absolute atomic E-state index is 12.2. The van der Waals surface area contributed by atoms with Crippen molar-refractivity contribution in [2.24, 2.45) is 0 Å². The fourth-order valence-corrected chi connectivity index (χ4v) is 2.97. The lowest BCUT2D eigenvalue weighted by molar-refractivity contribution is -0.118. The molecule has 0 saturated heterocycles. The topological polar surface area (TPSA) is 64.4 Å². The van der Waals surface area contributed by atoms with E-state index in [2.05, 4.69) is 26.2 Å². The minimum Gasteiger partial charge on any atom is -0.484 e. The SMILES string of the molecule is Cc1ccc(OCC(=O)Nc2ccc3oc(-c4ccc(Br)cc4)nc3c2)cc1. The van der Waals surface area contributed by atoms with Gasteiger partial charge in [0.15, 0.2) is 12.2 Å². The van der Waals surface area contributed by atoms with E-state index in [0.717, 1.165) is 15.6 Å². The van der Waals surface area contributed by atoms with Gasteiger partial charge in [-0.05, 0) is 61.5 Å². The van der Waals surface area contributed by atoms with Gasteiger partial charge >= 0.3 is 0 Å². The van der Waals surface area contributed by atoms with Gasteiger partial charge in [0, 0.05) is 15.7 Å². The summed E-state index contributed by atoms with van der Waals surface area (Å²) in [5, 5.41) is 2.82. The number of ether oxygens (including phenoxy) is 1. The Hall–Kier alpha value is -3.12. The van der Waals surface area contributed by atoms with Gasteiger partial charge in [0.2, 0.25) is 5.89 Å². The number of carbonyl (C=O) groups excluding carboxylic acids is 1. The lowest BCUT2D eigenvalue weighted by Crippen LogP contribution is -2.20. The summed E-state index contributed by atoms with van der Waals surface area (Å²) in [4.78, 5) is 16.7. The maximum Gasteiger partial charge on any atom is 0.262 e. The standard InChI is InChI=1S/C22H17BrN2O3/c1-14-2-9-18(10-3-14)27-13-21(26)24-17-8-11-20-19(12-17)25-22(28-20)15-4-6-16(23)7-5-15/h2-12H,13H2,1H3,(H,24,26). The van der Waals surface area contributed by atoms with Crippen LogP contribution in [0.2, 0.25) is 0 Å². The van der Waals surface area contributed by atoms with Crippen molar-refractivity contribution in [3.05, 3.63) is 76.8 Å². The van der Waals surface area contributed by atoms with Gasteiger partial charge in [0.25, 0.3) is 5.91 Å². The van der Waals surface area contributed by atoms with E-state index in [1.807, 2.05) is 55.5 Å². The van der Waals surface area contributed by atoms with Crippen LogP contribution in [0.25, 0.3) is 22.6 Å². The predicted octanol–water partition coefficient (Wildman–Crippen LogP) is 5.58. The van der Waals surface area contributed by atoms with Crippen LogP contribution in [0.3, 0.4) is 0 Å². The Bertz CT molecular complexity index is 1120. The molecule has 1 amide bonds. The van der Waals surface area contributed by atoms with Crippen molar-refractivity contribution in [3.63, 3.8) is 0 Å². The van der Waals surface area contributed by atoms with Crippen molar-refractivity contribution in [3.8, 4) is 17.2 Å². The molecule has 0 aliphatic heterocycles. The zero-order valence-corrected chi connectivity index (χ0v) is 16.7. The summed E-state index contributed by atoms with van der Waals surface area (Å²) < 4.78 is 12.3. The quantitative estimate of drug-likeness (QED) is 0.443. The number of rotatable bonds is 5. The molecular formula is C22H17BrN2O3. The highest BCUT2D eigenvalue weighted by molar-refractivity contribution is 9.10. The number of nitrogens with zero attached hydrogens (tertiary/aromatic N) is 1. The van der Waals surface area contributed by atoms with E-state index in [0.29, 0.717) is 28.4 Å².